The largest absolute Gasteiger partial charge is 0.493 e. The fourth-order valence-corrected chi connectivity index (χ4v) is 2.52. The molecule has 8 nitrogen and oxygen atoms in total. The van der Waals surface area contributed by atoms with Gasteiger partial charge in [0.1, 0.15) is 0 Å². The Morgan fingerprint density at radius 2 is 1.38 bits per heavy atom. The average molecular weight is 401 g/mol. The Bertz CT molecular complexity index is 825. The Hall–Kier alpha value is -3.42. The molecule has 0 radical (unpaired) electrons. The number of urea groups is 1. The molecule has 0 aromatic heterocycles. The van der Waals surface area contributed by atoms with E-state index in [1.54, 1.807) is 36.4 Å². The van der Waals surface area contributed by atoms with Crippen LogP contribution in [-0.4, -0.2) is 33.3 Å². The Labute approximate surface area is 170 Å². The first-order chi connectivity index (χ1) is 13.9. The van der Waals surface area contributed by atoms with E-state index < -0.39 is 0 Å². The van der Waals surface area contributed by atoms with Crippen molar-refractivity contribution in [2.24, 2.45) is 5.92 Å². The molecule has 0 spiro atoms. The molecule has 0 bridgehead atoms. The number of amides is 3. The molecule has 0 aliphatic heterocycles. The SMILES string of the molecule is COc1cc(CNC(=O)Nc2ccc(NC(=O)C(C)C)cc2)cc(OC)c1OC. The van der Waals surface area contributed by atoms with Crippen LogP contribution >= 0.6 is 0 Å². The zero-order valence-electron chi connectivity index (χ0n) is 17.3. The van der Waals surface area contributed by atoms with Gasteiger partial charge in [-0.15, -0.1) is 0 Å². The van der Waals surface area contributed by atoms with Crippen LogP contribution in [-0.2, 0) is 11.3 Å². The molecule has 29 heavy (non-hydrogen) atoms. The molecule has 0 saturated heterocycles. The first-order valence-corrected chi connectivity index (χ1v) is 9.12. The van der Waals surface area contributed by atoms with Gasteiger partial charge in [-0.2, -0.15) is 0 Å². The lowest BCUT2D eigenvalue weighted by Crippen LogP contribution is -2.28. The molecular weight excluding hydrogens is 374 g/mol. The standard InChI is InChI=1S/C21H27N3O5/c1-13(2)20(25)23-15-6-8-16(9-7-15)24-21(26)22-12-14-10-17(27-3)19(29-5)18(11-14)28-4/h6-11,13H,12H2,1-5H3,(H,23,25)(H2,22,24,26). The van der Waals surface area contributed by atoms with Crippen molar-refractivity contribution in [3.63, 3.8) is 0 Å². The number of nitrogens with one attached hydrogen (secondary N) is 3. The van der Waals surface area contributed by atoms with Gasteiger partial charge in [0, 0.05) is 23.8 Å². The molecule has 3 amide bonds. The molecule has 0 aliphatic rings. The van der Waals surface area contributed by atoms with Crippen molar-refractivity contribution in [3.8, 4) is 17.2 Å². The number of rotatable bonds is 8. The molecule has 8 heteroatoms. The number of hydrogen-bond acceptors (Lipinski definition) is 5. The number of carbonyl (C=O) groups excluding carboxylic acids is 2. The third-order valence-electron chi connectivity index (χ3n) is 4.11. The molecular formula is C21H27N3O5. The highest BCUT2D eigenvalue weighted by Crippen LogP contribution is 2.38. The van der Waals surface area contributed by atoms with Crippen molar-refractivity contribution >= 4 is 23.3 Å². The summed E-state index contributed by atoms with van der Waals surface area (Å²) < 4.78 is 15.9. The molecule has 3 N–H and O–H groups in total. The minimum absolute atomic E-state index is 0.0613. The predicted octanol–water partition coefficient (Wildman–Crippen LogP) is 3.63. The minimum atomic E-state index is -0.363. The van der Waals surface area contributed by atoms with Crippen LogP contribution in [0.25, 0.3) is 0 Å². The van der Waals surface area contributed by atoms with Crippen LogP contribution in [0.3, 0.4) is 0 Å². The quantitative estimate of drug-likeness (QED) is 0.627. The van der Waals surface area contributed by atoms with Crippen molar-refractivity contribution in [2.45, 2.75) is 20.4 Å². The summed E-state index contributed by atoms with van der Waals surface area (Å²) >= 11 is 0. The second-order valence-corrected chi connectivity index (χ2v) is 6.56. The van der Waals surface area contributed by atoms with Gasteiger partial charge < -0.3 is 30.2 Å². The average Bonchev–Trinajstić information content (AvgIpc) is 2.72. The van der Waals surface area contributed by atoms with E-state index >= 15 is 0 Å². The maximum absolute atomic E-state index is 12.2. The first kappa shape index (κ1) is 21.9. The highest BCUT2D eigenvalue weighted by atomic mass is 16.5. The second-order valence-electron chi connectivity index (χ2n) is 6.56. The first-order valence-electron chi connectivity index (χ1n) is 9.12. The van der Waals surface area contributed by atoms with Crippen molar-refractivity contribution in [1.29, 1.82) is 0 Å². The van der Waals surface area contributed by atoms with Crippen LogP contribution < -0.4 is 30.2 Å². The van der Waals surface area contributed by atoms with E-state index in [0.717, 1.165) is 5.56 Å². The summed E-state index contributed by atoms with van der Waals surface area (Å²) in [5.41, 5.74) is 2.07. The van der Waals surface area contributed by atoms with Crippen molar-refractivity contribution in [2.75, 3.05) is 32.0 Å². The van der Waals surface area contributed by atoms with Gasteiger partial charge in [-0.3, -0.25) is 4.79 Å². The molecule has 2 aromatic rings. The number of ether oxygens (including phenoxy) is 3. The summed E-state index contributed by atoms with van der Waals surface area (Å²) in [6.45, 7) is 3.91. The van der Waals surface area contributed by atoms with Crippen molar-refractivity contribution in [3.05, 3.63) is 42.0 Å². The zero-order chi connectivity index (χ0) is 21.4. The molecule has 0 aliphatic carbocycles. The third-order valence-corrected chi connectivity index (χ3v) is 4.11. The predicted molar refractivity (Wildman–Crippen MR) is 112 cm³/mol. The van der Waals surface area contributed by atoms with Crippen molar-refractivity contribution in [1.82, 2.24) is 5.32 Å². The van der Waals surface area contributed by atoms with Crippen LogP contribution in [0.5, 0.6) is 17.2 Å². The lowest BCUT2D eigenvalue weighted by molar-refractivity contribution is -0.118. The summed E-state index contributed by atoms with van der Waals surface area (Å²) in [5, 5.41) is 8.32. The van der Waals surface area contributed by atoms with E-state index in [9.17, 15) is 9.59 Å². The van der Waals surface area contributed by atoms with Crippen LogP contribution in [0.1, 0.15) is 19.4 Å². The smallest absolute Gasteiger partial charge is 0.319 e. The van der Waals surface area contributed by atoms with Gasteiger partial charge in [0.05, 0.1) is 21.3 Å². The lowest BCUT2D eigenvalue weighted by Gasteiger charge is -2.14. The van der Waals surface area contributed by atoms with Gasteiger partial charge in [-0.05, 0) is 42.0 Å². The minimum Gasteiger partial charge on any atom is -0.493 e. The van der Waals surface area contributed by atoms with E-state index in [1.165, 1.54) is 21.3 Å². The van der Waals surface area contributed by atoms with Gasteiger partial charge in [0.15, 0.2) is 11.5 Å². The number of hydrogen-bond donors (Lipinski definition) is 3. The highest BCUT2D eigenvalue weighted by molar-refractivity contribution is 5.93. The molecule has 2 aromatic carbocycles. The van der Waals surface area contributed by atoms with Gasteiger partial charge in [-0.1, -0.05) is 13.8 Å². The summed E-state index contributed by atoms with van der Waals surface area (Å²) in [5.74, 6) is 1.36. The Balaban J connectivity index is 1.95. The Morgan fingerprint density at radius 1 is 0.862 bits per heavy atom. The van der Waals surface area contributed by atoms with Gasteiger partial charge in [0.25, 0.3) is 0 Å². The molecule has 0 heterocycles. The summed E-state index contributed by atoms with van der Waals surface area (Å²) in [7, 11) is 4.61. The molecule has 156 valence electrons. The number of carbonyl (C=O) groups is 2. The van der Waals surface area contributed by atoms with Crippen LogP contribution in [0.15, 0.2) is 36.4 Å². The summed E-state index contributed by atoms with van der Waals surface area (Å²) in [6, 6.07) is 10.1. The van der Waals surface area contributed by atoms with Crippen LogP contribution in [0.4, 0.5) is 16.2 Å². The zero-order valence-corrected chi connectivity index (χ0v) is 17.3. The van der Waals surface area contributed by atoms with Gasteiger partial charge in [0.2, 0.25) is 11.7 Å². The monoisotopic (exact) mass is 401 g/mol. The Morgan fingerprint density at radius 3 is 1.83 bits per heavy atom. The van der Waals surface area contributed by atoms with E-state index in [1.807, 2.05) is 13.8 Å². The molecule has 0 atom stereocenters. The number of benzene rings is 2. The maximum Gasteiger partial charge on any atom is 0.319 e. The van der Waals surface area contributed by atoms with Crippen molar-refractivity contribution < 1.29 is 23.8 Å². The van der Waals surface area contributed by atoms with Gasteiger partial charge >= 0.3 is 6.03 Å². The second kappa shape index (κ2) is 10.2. The molecule has 2 rings (SSSR count). The highest BCUT2D eigenvalue weighted by Gasteiger charge is 2.13. The van der Waals surface area contributed by atoms with E-state index in [2.05, 4.69) is 16.0 Å². The Kier molecular flexibility index (Phi) is 7.70. The molecule has 0 unspecified atom stereocenters. The summed E-state index contributed by atoms with van der Waals surface area (Å²) in [6.07, 6.45) is 0. The lowest BCUT2D eigenvalue weighted by atomic mass is 10.2. The van der Waals surface area contributed by atoms with Gasteiger partial charge in [-0.25, -0.2) is 4.79 Å². The molecule has 0 saturated carbocycles. The fourth-order valence-electron chi connectivity index (χ4n) is 2.52. The van der Waals surface area contributed by atoms with E-state index in [0.29, 0.717) is 28.6 Å². The van der Waals surface area contributed by atoms with E-state index in [4.69, 9.17) is 14.2 Å². The van der Waals surface area contributed by atoms with Crippen LogP contribution in [0.2, 0.25) is 0 Å². The number of anilines is 2. The summed E-state index contributed by atoms with van der Waals surface area (Å²) in [4.78, 5) is 23.9. The third kappa shape index (κ3) is 6.03. The topological polar surface area (TPSA) is 97.9 Å². The molecule has 0 fully saturated rings. The normalized spacial score (nSPS) is 10.3. The number of methoxy groups -OCH3 is 3. The fraction of sp³-hybridized carbons (Fsp3) is 0.333. The van der Waals surface area contributed by atoms with Crippen LogP contribution in [0, 0.1) is 5.92 Å². The van der Waals surface area contributed by atoms with E-state index in [-0.39, 0.29) is 24.4 Å². The maximum atomic E-state index is 12.2.